The van der Waals surface area contributed by atoms with Crippen molar-refractivity contribution >= 4 is 78.0 Å². The SMILES string of the molecule is C.CCC(C)(C)OC(=O)N1CCCC1C(=O)O.CCC(C)(C)OC(=O)N1CCCC1C(=O)O.CCC(C)(C)OC(=O)N1CCCC1C(=O)OCc1ccc(C(=O)OC)cc1.CCC(C)(C)OC(=O)OC(=O)OC(C)(C)CC.COC(=O)c1ccc(CCl)cc1.O=C(O)C1CCCN1. The number of carboxylic acid groups (broad SMARTS) is 3. The lowest BCUT2D eigenvalue weighted by molar-refractivity contribution is -0.150. The molecule has 4 unspecified atom stereocenters. The number of hydrogen-bond donors (Lipinski definition) is 4. The molecule has 0 spiro atoms. The highest BCUT2D eigenvalue weighted by molar-refractivity contribution is 6.17. The number of benzene rings is 2. The summed E-state index contributed by atoms with van der Waals surface area (Å²) in [5.41, 5.74) is -0.252. The van der Waals surface area contributed by atoms with Gasteiger partial charge in [0.15, 0.2) is 0 Å². The highest BCUT2D eigenvalue weighted by Gasteiger charge is 2.40. The zero-order chi connectivity index (χ0) is 73.4. The van der Waals surface area contributed by atoms with Crippen LogP contribution in [0.2, 0.25) is 0 Å². The van der Waals surface area contributed by atoms with Crippen LogP contribution in [0.15, 0.2) is 48.5 Å². The number of carbonyl (C=O) groups is 11. The van der Waals surface area contributed by atoms with Crippen LogP contribution in [0, 0.1) is 0 Å². The highest BCUT2D eigenvalue weighted by atomic mass is 35.5. The van der Waals surface area contributed by atoms with Crippen molar-refractivity contribution in [3.05, 3.63) is 70.8 Å². The second-order valence-electron chi connectivity index (χ2n) is 25.8. The van der Waals surface area contributed by atoms with Gasteiger partial charge in [-0.2, -0.15) is 0 Å². The molecule has 4 saturated heterocycles. The number of rotatable bonds is 19. The maximum atomic E-state index is 12.4. The quantitative estimate of drug-likeness (QED) is 0.0439. The summed E-state index contributed by atoms with van der Waals surface area (Å²) < 4.78 is 44.9. The molecule has 4 N–H and O–H groups in total. The number of hydrogen-bond acceptors (Lipinski definition) is 21. The maximum Gasteiger partial charge on any atom is 0.519 e. The van der Waals surface area contributed by atoms with E-state index in [1.54, 1.807) is 76.2 Å². The van der Waals surface area contributed by atoms with Crippen LogP contribution in [0.25, 0.3) is 0 Å². The summed E-state index contributed by atoms with van der Waals surface area (Å²) in [6, 6.07) is 11.3. The molecule has 0 radical (unpaired) electrons. The second kappa shape index (κ2) is 42.7. The van der Waals surface area contributed by atoms with Gasteiger partial charge < -0.3 is 63.3 Å². The maximum absolute atomic E-state index is 12.4. The van der Waals surface area contributed by atoms with E-state index in [2.05, 4.69) is 19.5 Å². The zero-order valence-electron chi connectivity index (χ0n) is 59.1. The lowest BCUT2D eigenvalue weighted by Gasteiger charge is -2.29. The Labute approximate surface area is 577 Å². The third kappa shape index (κ3) is 33.2. The number of ether oxygens (including phenoxy) is 9. The molecule has 2 aromatic rings. The average molecular weight is 1400 g/mol. The van der Waals surface area contributed by atoms with E-state index in [1.165, 1.54) is 28.9 Å². The average Bonchev–Trinajstić information content (AvgIpc) is 1.86. The van der Waals surface area contributed by atoms with Gasteiger partial charge in [0.1, 0.15) is 58.8 Å². The van der Waals surface area contributed by atoms with Crippen molar-refractivity contribution in [3.8, 4) is 0 Å². The van der Waals surface area contributed by atoms with E-state index in [0.717, 1.165) is 49.8 Å². The molecule has 6 rings (SSSR count). The first kappa shape index (κ1) is 89.1. The zero-order valence-corrected chi connectivity index (χ0v) is 59.8. The van der Waals surface area contributed by atoms with Gasteiger partial charge in [0.2, 0.25) is 0 Å². The van der Waals surface area contributed by atoms with Crippen LogP contribution in [0.4, 0.5) is 24.0 Å². The van der Waals surface area contributed by atoms with Crippen molar-refractivity contribution in [2.24, 2.45) is 0 Å². The minimum absolute atomic E-state index is 0. The van der Waals surface area contributed by atoms with E-state index >= 15 is 0 Å². The topological polar surface area (TPSA) is 353 Å². The Hall–Kier alpha value is -7.94. The lowest BCUT2D eigenvalue weighted by Crippen LogP contribution is -2.44. The first-order valence-corrected chi connectivity index (χ1v) is 32.9. The Bertz CT molecular complexity index is 2750. The molecule has 0 saturated carbocycles. The number of carbonyl (C=O) groups excluding carboxylic acids is 8. The molecule has 0 bridgehead atoms. The van der Waals surface area contributed by atoms with Crippen LogP contribution >= 0.6 is 11.6 Å². The summed E-state index contributed by atoms with van der Waals surface area (Å²) in [4.78, 5) is 129. The van der Waals surface area contributed by atoms with E-state index in [1.807, 2.05) is 76.2 Å². The molecule has 0 aliphatic carbocycles. The Morgan fingerprint density at radius 1 is 0.464 bits per heavy atom. The highest BCUT2D eigenvalue weighted by Crippen LogP contribution is 2.27. The van der Waals surface area contributed by atoms with Gasteiger partial charge in [-0.05, 0) is 195 Å². The molecular formula is C69H109ClN4O23. The van der Waals surface area contributed by atoms with Crippen molar-refractivity contribution in [3.63, 3.8) is 0 Å². The summed E-state index contributed by atoms with van der Waals surface area (Å²) in [6.45, 7) is 29.7. The number of nitrogens with zero attached hydrogens (tertiary/aromatic N) is 3. The number of methoxy groups -OCH3 is 2. The van der Waals surface area contributed by atoms with E-state index in [9.17, 15) is 52.7 Å². The molecule has 28 heteroatoms. The second-order valence-corrected chi connectivity index (χ2v) is 26.1. The van der Waals surface area contributed by atoms with E-state index < -0.39 is 107 Å². The third-order valence-corrected chi connectivity index (χ3v) is 16.5. The molecular weight excluding hydrogens is 1290 g/mol. The summed E-state index contributed by atoms with van der Waals surface area (Å²) in [7, 11) is 2.68. The minimum Gasteiger partial charge on any atom is -0.480 e. The van der Waals surface area contributed by atoms with Crippen molar-refractivity contribution in [1.82, 2.24) is 20.0 Å². The van der Waals surface area contributed by atoms with Crippen molar-refractivity contribution < 1.29 is 111 Å². The monoisotopic (exact) mass is 1400 g/mol. The van der Waals surface area contributed by atoms with Crippen molar-refractivity contribution in [2.45, 2.75) is 259 Å². The molecule has 27 nitrogen and oxygen atoms in total. The van der Waals surface area contributed by atoms with Gasteiger partial charge in [-0.25, -0.2) is 47.9 Å². The van der Waals surface area contributed by atoms with Crippen LogP contribution < -0.4 is 5.32 Å². The van der Waals surface area contributed by atoms with Gasteiger partial charge in [0, 0.05) is 25.5 Å². The summed E-state index contributed by atoms with van der Waals surface area (Å²) >= 11 is 5.58. The van der Waals surface area contributed by atoms with Gasteiger partial charge >= 0.3 is 66.4 Å². The van der Waals surface area contributed by atoms with Gasteiger partial charge in [-0.3, -0.25) is 19.5 Å². The van der Waals surface area contributed by atoms with Crippen LogP contribution in [0.3, 0.4) is 0 Å². The Balaban J connectivity index is 0.00000118. The summed E-state index contributed by atoms with van der Waals surface area (Å²) in [5, 5.41) is 29.1. The molecule has 4 aliphatic heterocycles. The number of amides is 3. The molecule has 4 atom stereocenters. The van der Waals surface area contributed by atoms with Crippen molar-refractivity contribution in [2.75, 3.05) is 40.4 Å². The number of halogens is 1. The number of alkyl halides is 1. The molecule has 4 aliphatic rings. The van der Waals surface area contributed by atoms with Crippen LogP contribution in [0.5, 0.6) is 0 Å². The van der Waals surface area contributed by atoms with E-state index in [4.69, 9.17) is 55.3 Å². The first-order valence-electron chi connectivity index (χ1n) is 32.3. The Morgan fingerprint density at radius 2 is 0.784 bits per heavy atom. The number of nitrogens with one attached hydrogen (secondary N) is 1. The van der Waals surface area contributed by atoms with Gasteiger partial charge in [-0.15, -0.1) is 11.6 Å². The Kier molecular flexibility index (Phi) is 39.2. The smallest absolute Gasteiger partial charge is 0.480 e. The number of likely N-dealkylation sites (tertiary alicyclic amines) is 3. The largest absolute Gasteiger partial charge is 0.519 e. The minimum atomic E-state index is -1.03. The fourth-order valence-corrected chi connectivity index (χ4v) is 8.55. The number of carboxylic acids is 3. The number of aliphatic carboxylic acids is 3. The predicted molar refractivity (Wildman–Crippen MR) is 360 cm³/mol. The fourth-order valence-electron chi connectivity index (χ4n) is 8.37. The molecule has 0 aromatic heterocycles. The standard InChI is InChI=1S/C20H27NO6.C12H22O5.2C11H19NO4.C9H9ClO2.C5H9NO2.CH4/c1-5-20(2,3)27-19(24)21-12-6-7-16(21)18(23)26-13-14-8-10-15(11-9-14)17(22)25-4;1-7-11(3,4)16-9(13)15-10(14)17-12(5,6)8-2;2*1-4-11(2,3)16-10(15)12-7-5-6-8(12)9(13)14;1-12-9(11)8-4-2-7(6-10)3-5-8;7-5(8)4-2-1-3-6-4;/h8-11,16H,5-7,12-13H2,1-4H3;7-8H2,1-6H3;2*8H,4-7H2,1-3H3,(H,13,14);2-5H,6H2,1H3;4,6H,1-3H2,(H,7,8);1H4. The summed E-state index contributed by atoms with van der Waals surface area (Å²) in [6.07, 6.45) is 5.28. The van der Waals surface area contributed by atoms with Crippen LogP contribution in [0.1, 0.15) is 227 Å². The molecule has 4 heterocycles. The van der Waals surface area contributed by atoms with Gasteiger partial charge in [-0.1, -0.05) is 66.3 Å². The van der Waals surface area contributed by atoms with Gasteiger partial charge in [0.05, 0.1) is 25.3 Å². The molecule has 550 valence electrons. The summed E-state index contributed by atoms with van der Waals surface area (Å²) in [5.74, 6) is -3.36. The molecule has 2 aromatic carbocycles. The predicted octanol–water partition coefficient (Wildman–Crippen LogP) is 13.4. The molecule has 97 heavy (non-hydrogen) atoms. The molecule has 4 fully saturated rings. The van der Waals surface area contributed by atoms with Gasteiger partial charge in [0.25, 0.3) is 0 Å². The number of esters is 3. The molecule has 3 amide bonds. The van der Waals surface area contributed by atoms with Crippen LogP contribution in [-0.4, -0.2) is 189 Å². The van der Waals surface area contributed by atoms with E-state index in [-0.39, 0.29) is 26.0 Å². The Morgan fingerprint density at radius 3 is 1.06 bits per heavy atom. The van der Waals surface area contributed by atoms with Crippen LogP contribution in [-0.2, 0) is 74.3 Å². The fraction of sp³-hybridized carbons (Fsp3) is 0.667. The van der Waals surface area contributed by atoms with Crippen molar-refractivity contribution in [1.29, 1.82) is 0 Å². The lowest BCUT2D eigenvalue weighted by atomic mass is 10.1. The first-order chi connectivity index (χ1) is 44.7. The normalized spacial score (nSPS) is 17.2. The van der Waals surface area contributed by atoms with E-state index in [0.29, 0.717) is 88.0 Å². The third-order valence-electron chi connectivity index (χ3n) is 16.2.